The van der Waals surface area contributed by atoms with Crippen molar-refractivity contribution in [2.45, 2.75) is 19.3 Å². The highest BCUT2D eigenvalue weighted by Crippen LogP contribution is 2.19. The standard InChI is InChI=1S/C15H20N2O4/c18-14(5-4-11-6-7-16-9-11)17-12-2-1-3-13(8-12)21-10-15(19)20/h1-3,8,11,16H,4-7,9-10H2,(H,17,18)(H,19,20). The summed E-state index contributed by atoms with van der Waals surface area (Å²) in [6, 6.07) is 6.75. The lowest BCUT2D eigenvalue weighted by Crippen LogP contribution is -2.15. The second-order valence-corrected chi connectivity index (χ2v) is 5.16. The summed E-state index contributed by atoms with van der Waals surface area (Å²) in [4.78, 5) is 22.3. The summed E-state index contributed by atoms with van der Waals surface area (Å²) < 4.78 is 5.07. The summed E-state index contributed by atoms with van der Waals surface area (Å²) in [5.41, 5.74) is 0.618. The number of aliphatic carboxylic acids is 1. The third-order valence-electron chi connectivity index (χ3n) is 3.42. The molecule has 1 fully saturated rings. The minimum atomic E-state index is -1.03. The smallest absolute Gasteiger partial charge is 0.341 e. The van der Waals surface area contributed by atoms with Crippen LogP contribution in [0.25, 0.3) is 0 Å². The number of carboxylic acids is 1. The maximum Gasteiger partial charge on any atom is 0.341 e. The van der Waals surface area contributed by atoms with Gasteiger partial charge in [0.2, 0.25) is 5.91 Å². The van der Waals surface area contributed by atoms with E-state index in [0.717, 1.165) is 25.9 Å². The van der Waals surface area contributed by atoms with E-state index in [9.17, 15) is 9.59 Å². The fraction of sp³-hybridized carbons (Fsp3) is 0.467. The molecule has 1 aliphatic rings. The lowest BCUT2D eigenvalue weighted by atomic mass is 10.0. The Kier molecular flexibility index (Phi) is 5.57. The average molecular weight is 292 g/mol. The first-order valence-corrected chi connectivity index (χ1v) is 7.08. The summed E-state index contributed by atoms with van der Waals surface area (Å²) >= 11 is 0. The predicted octanol–water partition coefficient (Wildman–Crippen LogP) is 1.48. The molecule has 114 valence electrons. The Morgan fingerprint density at radius 1 is 1.43 bits per heavy atom. The van der Waals surface area contributed by atoms with E-state index in [2.05, 4.69) is 10.6 Å². The summed E-state index contributed by atoms with van der Waals surface area (Å²) in [5, 5.41) is 14.7. The molecular weight excluding hydrogens is 272 g/mol. The fourth-order valence-corrected chi connectivity index (χ4v) is 2.33. The first kappa shape index (κ1) is 15.3. The number of hydrogen-bond acceptors (Lipinski definition) is 4. The number of carbonyl (C=O) groups excluding carboxylic acids is 1. The molecule has 3 N–H and O–H groups in total. The van der Waals surface area contributed by atoms with Crippen LogP contribution in [0.15, 0.2) is 24.3 Å². The number of benzene rings is 1. The first-order valence-electron chi connectivity index (χ1n) is 7.08. The number of anilines is 1. The minimum Gasteiger partial charge on any atom is -0.482 e. The van der Waals surface area contributed by atoms with Crippen LogP contribution >= 0.6 is 0 Å². The summed E-state index contributed by atoms with van der Waals surface area (Å²) in [6.45, 7) is 1.63. The van der Waals surface area contributed by atoms with Crippen molar-refractivity contribution in [3.8, 4) is 5.75 Å². The molecule has 1 atom stereocenters. The Labute approximate surface area is 123 Å². The lowest BCUT2D eigenvalue weighted by molar-refractivity contribution is -0.139. The van der Waals surface area contributed by atoms with Crippen LogP contribution in [-0.4, -0.2) is 36.7 Å². The van der Waals surface area contributed by atoms with Crippen LogP contribution in [0.4, 0.5) is 5.69 Å². The van der Waals surface area contributed by atoms with Crippen molar-refractivity contribution in [1.82, 2.24) is 5.32 Å². The second-order valence-electron chi connectivity index (χ2n) is 5.16. The monoisotopic (exact) mass is 292 g/mol. The Bertz CT molecular complexity index is 498. The van der Waals surface area contributed by atoms with Gasteiger partial charge in [0, 0.05) is 18.2 Å². The van der Waals surface area contributed by atoms with Gasteiger partial charge in [0.1, 0.15) is 5.75 Å². The zero-order valence-electron chi connectivity index (χ0n) is 11.8. The Balaban J connectivity index is 1.79. The van der Waals surface area contributed by atoms with Crippen LogP contribution in [0.5, 0.6) is 5.75 Å². The fourth-order valence-electron chi connectivity index (χ4n) is 2.33. The normalized spacial score (nSPS) is 17.4. The van der Waals surface area contributed by atoms with E-state index in [1.807, 2.05) is 0 Å². The van der Waals surface area contributed by atoms with Gasteiger partial charge >= 0.3 is 5.97 Å². The van der Waals surface area contributed by atoms with E-state index in [-0.39, 0.29) is 5.91 Å². The number of carboxylic acid groups (broad SMARTS) is 1. The van der Waals surface area contributed by atoms with E-state index in [1.165, 1.54) is 0 Å². The Hall–Kier alpha value is -2.08. The number of amides is 1. The molecule has 1 amide bonds. The van der Waals surface area contributed by atoms with Crippen molar-refractivity contribution in [1.29, 1.82) is 0 Å². The largest absolute Gasteiger partial charge is 0.482 e. The molecule has 6 heteroatoms. The van der Waals surface area contributed by atoms with Gasteiger partial charge in [-0.05, 0) is 44.0 Å². The van der Waals surface area contributed by atoms with Crippen LogP contribution in [0.2, 0.25) is 0 Å². The Morgan fingerprint density at radius 2 is 2.29 bits per heavy atom. The van der Waals surface area contributed by atoms with Crippen molar-refractivity contribution in [3.05, 3.63) is 24.3 Å². The molecule has 1 aromatic rings. The van der Waals surface area contributed by atoms with Crippen molar-refractivity contribution >= 4 is 17.6 Å². The first-order chi connectivity index (χ1) is 10.1. The summed E-state index contributed by atoms with van der Waals surface area (Å²) in [6.07, 6.45) is 2.51. The summed E-state index contributed by atoms with van der Waals surface area (Å²) in [7, 11) is 0. The van der Waals surface area contributed by atoms with Crippen molar-refractivity contribution in [2.24, 2.45) is 5.92 Å². The van der Waals surface area contributed by atoms with Gasteiger partial charge in [-0.1, -0.05) is 6.07 Å². The van der Waals surface area contributed by atoms with Gasteiger partial charge in [-0.2, -0.15) is 0 Å². The molecule has 1 saturated heterocycles. The third kappa shape index (κ3) is 5.43. The molecule has 0 bridgehead atoms. The lowest BCUT2D eigenvalue weighted by Gasteiger charge is -2.10. The average Bonchev–Trinajstić information content (AvgIpc) is 2.97. The maximum absolute atomic E-state index is 11.9. The van der Waals surface area contributed by atoms with Crippen molar-refractivity contribution in [2.75, 3.05) is 25.0 Å². The number of rotatable bonds is 7. The zero-order chi connectivity index (χ0) is 15.1. The topological polar surface area (TPSA) is 87.7 Å². The van der Waals surface area contributed by atoms with Crippen molar-refractivity contribution < 1.29 is 19.4 Å². The second kappa shape index (κ2) is 7.64. The Morgan fingerprint density at radius 3 is 3.00 bits per heavy atom. The predicted molar refractivity (Wildman–Crippen MR) is 78.4 cm³/mol. The number of nitrogens with one attached hydrogen (secondary N) is 2. The maximum atomic E-state index is 11.9. The van der Waals surface area contributed by atoms with Gasteiger partial charge < -0.3 is 20.5 Å². The molecule has 1 aromatic carbocycles. The molecule has 0 radical (unpaired) electrons. The molecule has 0 aliphatic carbocycles. The molecule has 1 aliphatic heterocycles. The molecule has 6 nitrogen and oxygen atoms in total. The van der Waals surface area contributed by atoms with Crippen molar-refractivity contribution in [3.63, 3.8) is 0 Å². The minimum absolute atomic E-state index is 0.0303. The molecule has 1 unspecified atom stereocenters. The number of ether oxygens (including phenoxy) is 1. The molecule has 1 heterocycles. The van der Waals surface area contributed by atoms with Gasteiger partial charge in [0.25, 0.3) is 0 Å². The van der Waals surface area contributed by atoms with Crippen LogP contribution in [0.1, 0.15) is 19.3 Å². The molecule has 0 aromatic heterocycles. The van der Waals surface area contributed by atoms with Crippen LogP contribution in [-0.2, 0) is 9.59 Å². The number of hydrogen-bond donors (Lipinski definition) is 3. The molecular formula is C15H20N2O4. The van der Waals surface area contributed by atoms with Gasteiger partial charge in [-0.25, -0.2) is 4.79 Å². The van der Waals surface area contributed by atoms with Gasteiger partial charge in [-0.15, -0.1) is 0 Å². The molecule has 0 spiro atoms. The van der Waals surface area contributed by atoms with E-state index < -0.39 is 12.6 Å². The highest BCUT2D eigenvalue weighted by Gasteiger charge is 2.15. The van der Waals surface area contributed by atoms with Gasteiger partial charge in [0.15, 0.2) is 6.61 Å². The van der Waals surface area contributed by atoms with Crippen LogP contribution < -0.4 is 15.4 Å². The SMILES string of the molecule is O=C(O)COc1cccc(NC(=O)CCC2CCNC2)c1. The zero-order valence-corrected chi connectivity index (χ0v) is 11.8. The summed E-state index contributed by atoms with van der Waals surface area (Å²) in [5.74, 6) is -0.0527. The van der Waals surface area contributed by atoms with E-state index >= 15 is 0 Å². The van der Waals surface area contributed by atoms with E-state index in [0.29, 0.717) is 23.8 Å². The highest BCUT2D eigenvalue weighted by atomic mass is 16.5. The van der Waals surface area contributed by atoms with Gasteiger partial charge in [0.05, 0.1) is 0 Å². The highest BCUT2D eigenvalue weighted by molar-refractivity contribution is 5.90. The quantitative estimate of drug-likeness (QED) is 0.708. The molecule has 2 rings (SSSR count). The third-order valence-corrected chi connectivity index (χ3v) is 3.42. The molecule has 21 heavy (non-hydrogen) atoms. The van der Waals surface area contributed by atoms with Crippen LogP contribution in [0, 0.1) is 5.92 Å². The van der Waals surface area contributed by atoms with Crippen LogP contribution in [0.3, 0.4) is 0 Å². The number of carbonyl (C=O) groups is 2. The van der Waals surface area contributed by atoms with E-state index in [4.69, 9.17) is 9.84 Å². The van der Waals surface area contributed by atoms with Gasteiger partial charge in [-0.3, -0.25) is 4.79 Å². The molecule has 0 saturated carbocycles. The van der Waals surface area contributed by atoms with E-state index in [1.54, 1.807) is 24.3 Å².